The summed E-state index contributed by atoms with van der Waals surface area (Å²) in [6, 6.07) is 3.79. The van der Waals surface area contributed by atoms with E-state index >= 15 is 0 Å². The number of nitrogens with zero attached hydrogens (tertiary/aromatic N) is 3. The summed E-state index contributed by atoms with van der Waals surface area (Å²) in [5.74, 6) is 0.882. The molecule has 0 amide bonds. The molecular weight excluding hydrogens is 312 g/mol. The molecule has 0 radical (unpaired) electrons. The van der Waals surface area contributed by atoms with Crippen molar-refractivity contribution in [1.82, 2.24) is 9.97 Å². The van der Waals surface area contributed by atoms with Gasteiger partial charge in [0, 0.05) is 6.04 Å². The lowest BCUT2D eigenvalue weighted by atomic mass is 9.96. The van der Waals surface area contributed by atoms with Crippen LogP contribution in [-0.4, -0.2) is 20.9 Å². The Kier molecular flexibility index (Phi) is 4.78. The van der Waals surface area contributed by atoms with Gasteiger partial charge < -0.3 is 20.8 Å². The van der Waals surface area contributed by atoms with Crippen LogP contribution in [0.1, 0.15) is 37.9 Å². The number of nitrogens with two attached hydrogens (primary N) is 1. The molecule has 0 spiro atoms. The Hall–Kier alpha value is -2.84. The third-order valence-electron chi connectivity index (χ3n) is 4.04. The lowest BCUT2D eigenvalue weighted by Gasteiger charge is -2.23. The van der Waals surface area contributed by atoms with Crippen molar-refractivity contribution in [3.05, 3.63) is 34.3 Å². The van der Waals surface area contributed by atoms with Crippen LogP contribution in [0.15, 0.2) is 22.8 Å². The average Bonchev–Trinajstić information content (AvgIpc) is 3.06. The maximum Gasteiger partial charge on any atom is 0.353 e. The fourth-order valence-corrected chi connectivity index (χ4v) is 2.85. The van der Waals surface area contributed by atoms with Crippen LogP contribution >= 0.6 is 0 Å². The summed E-state index contributed by atoms with van der Waals surface area (Å²) in [6.45, 7) is 0.271. The zero-order valence-corrected chi connectivity index (χ0v) is 13.2. The minimum Gasteiger partial charge on any atom is -0.467 e. The quantitative estimate of drug-likeness (QED) is 0.543. The van der Waals surface area contributed by atoms with Gasteiger partial charge in [-0.1, -0.05) is 19.3 Å². The summed E-state index contributed by atoms with van der Waals surface area (Å²) in [4.78, 5) is 19.0. The highest BCUT2D eigenvalue weighted by Gasteiger charge is 2.24. The number of aromatic nitrogens is 2. The van der Waals surface area contributed by atoms with Crippen LogP contribution in [-0.2, 0) is 6.54 Å². The summed E-state index contributed by atoms with van der Waals surface area (Å²) in [5, 5.41) is 17.4. The average molecular weight is 332 g/mol. The topological polar surface area (TPSA) is 132 Å². The highest BCUT2D eigenvalue weighted by Crippen LogP contribution is 2.30. The first-order valence-electron chi connectivity index (χ1n) is 7.98. The third-order valence-corrected chi connectivity index (χ3v) is 4.04. The van der Waals surface area contributed by atoms with E-state index in [9.17, 15) is 10.1 Å². The lowest BCUT2D eigenvalue weighted by molar-refractivity contribution is -0.383. The zero-order valence-electron chi connectivity index (χ0n) is 13.2. The lowest BCUT2D eigenvalue weighted by Crippen LogP contribution is -2.24. The molecular formula is C15H20N6O3. The Labute approximate surface area is 138 Å². The fourth-order valence-electron chi connectivity index (χ4n) is 2.85. The molecule has 0 unspecified atom stereocenters. The smallest absolute Gasteiger partial charge is 0.353 e. The molecule has 0 saturated heterocycles. The van der Waals surface area contributed by atoms with Crippen LogP contribution in [0.5, 0.6) is 0 Å². The van der Waals surface area contributed by atoms with Crippen molar-refractivity contribution in [1.29, 1.82) is 0 Å². The molecule has 0 aliphatic heterocycles. The second-order valence-electron chi connectivity index (χ2n) is 5.80. The van der Waals surface area contributed by atoms with Gasteiger partial charge in [-0.05, 0) is 25.0 Å². The molecule has 3 rings (SSSR count). The van der Waals surface area contributed by atoms with Crippen molar-refractivity contribution < 1.29 is 9.34 Å². The highest BCUT2D eigenvalue weighted by molar-refractivity contribution is 5.69. The van der Waals surface area contributed by atoms with Crippen molar-refractivity contribution >= 4 is 23.3 Å². The molecule has 1 fully saturated rings. The van der Waals surface area contributed by atoms with Crippen LogP contribution < -0.4 is 16.4 Å². The Morgan fingerprint density at radius 1 is 1.33 bits per heavy atom. The van der Waals surface area contributed by atoms with E-state index < -0.39 is 4.92 Å². The number of furan rings is 1. The van der Waals surface area contributed by atoms with Crippen molar-refractivity contribution in [3.63, 3.8) is 0 Å². The van der Waals surface area contributed by atoms with Crippen molar-refractivity contribution in [3.8, 4) is 0 Å². The molecule has 9 heteroatoms. The minimum absolute atomic E-state index is 0.0854. The van der Waals surface area contributed by atoms with Gasteiger partial charge in [0.25, 0.3) is 0 Å². The van der Waals surface area contributed by atoms with E-state index in [0.717, 1.165) is 25.7 Å². The maximum atomic E-state index is 11.3. The summed E-state index contributed by atoms with van der Waals surface area (Å²) in [6.07, 6.45) is 7.16. The van der Waals surface area contributed by atoms with Gasteiger partial charge in [0.1, 0.15) is 5.76 Å². The highest BCUT2D eigenvalue weighted by atomic mass is 16.6. The van der Waals surface area contributed by atoms with Gasteiger partial charge in [-0.25, -0.2) is 0 Å². The molecule has 4 N–H and O–H groups in total. The number of rotatable bonds is 6. The zero-order chi connectivity index (χ0) is 16.9. The van der Waals surface area contributed by atoms with Crippen molar-refractivity contribution in [2.24, 2.45) is 0 Å². The molecule has 2 heterocycles. The van der Waals surface area contributed by atoms with Gasteiger partial charge in [-0.15, -0.1) is 0 Å². The number of nitrogens with one attached hydrogen (secondary N) is 2. The molecule has 0 aromatic carbocycles. The van der Waals surface area contributed by atoms with Crippen LogP contribution in [0.3, 0.4) is 0 Å². The van der Waals surface area contributed by atoms with E-state index in [-0.39, 0.29) is 29.9 Å². The van der Waals surface area contributed by atoms with Crippen LogP contribution in [0, 0.1) is 10.1 Å². The monoisotopic (exact) mass is 332 g/mol. The standard InChI is InChI=1S/C15H20N6O3/c16-13-12(21(22)23)14(17-9-11-7-4-8-24-11)20-15(19-13)18-10-5-2-1-3-6-10/h4,7-8,10H,1-3,5-6,9H2,(H4,16,17,18,19,20). The van der Waals surface area contributed by atoms with Gasteiger partial charge in [0.15, 0.2) is 0 Å². The van der Waals surface area contributed by atoms with Crippen molar-refractivity contribution in [2.45, 2.75) is 44.7 Å². The number of hydrogen-bond acceptors (Lipinski definition) is 8. The van der Waals surface area contributed by atoms with Crippen molar-refractivity contribution in [2.75, 3.05) is 16.4 Å². The second-order valence-corrected chi connectivity index (χ2v) is 5.80. The molecule has 2 aromatic heterocycles. The Morgan fingerprint density at radius 3 is 2.79 bits per heavy atom. The van der Waals surface area contributed by atoms with Gasteiger partial charge in [0.2, 0.25) is 17.6 Å². The number of hydrogen-bond donors (Lipinski definition) is 3. The van der Waals surface area contributed by atoms with E-state index in [1.165, 1.54) is 12.7 Å². The molecule has 1 aliphatic carbocycles. The summed E-state index contributed by atoms with van der Waals surface area (Å²) >= 11 is 0. The van der Waals surface area contributed by atoms with Gasteiger partial charge in [-0.3, -0.25) is 10.1 Å². The molecule has 128 valence electrons. The van der Waals surface area contributed by atoms with Gasteiger partial charge in [0.05, 0.1) is 17.7 Å². The van der Waals surface area contributed by atoms with Gasteiger partial charge in [-0.2, -0.15) is 9.97 Å². The Bertz CT molecular complexity index is 697. The number of nitro groups is 1. The normalized spacial score (nSPS) is 15.2. The second kappa shape index (κ2) is 7.16. The first-order valence-corrected chi connectivity index (χ1v) is 7.98. The molecule has 1 saturated carbocycles. The summed E-state index contributed by atoms with van der Waals surface area (Å²) in [7, 11) is 0. The predicted octanol–water partition coefficient (Wildman–Crippen LogP) is 2.92. The van der Waals surface area contributed by atoms with E-state index in [2.05, 4.69) is 20.6 Å². The number of nitrogen functional groups attached to an aromatic ring is 1. The van der Waals surface area contributed by atoms with E-state index in [1.807, 2.05) is 0 Å². The maximum absolute atomic E-state index is 11.3. The molecule has 2 aromatic rings. The van der Waals surface area contributed by atoms with E-state index in [1.54, 1.807) is 12.1 Å². The van der Waals surface area contributed by atoms with Gasteiger partial charge >= 0.3 is 5.69 Å². The molecule has 24 heavy (non-hydrogen) atoms. The number of anilines is 3. The van der Waals surface area contributed by atoms with Crippen LogP contribution in [0.2, 0.25) is 0 Å². The SMILES string of the molecule is Nc1nc(NC2CCCCC2)nc(NCc2ccco2)c1[N+](=O)[O-]. The Morgan fingerprint density at radius 2 is 2.12 bits per heavy atom. The molecule has 0 atom stereocenters. The molecule has 0 bridgehead atoms. The van der Waals surface area contributed by atoms with Crippen LogP contribution in [0.4, 0.5) is 23.3 Å². The predicted molar refractivity (Wildman–Crippen MR) is 89.6 cm³/mol. The largest absolute Gasteiger partial charge is 0.467 e. The van der Waals surface area contributed by atoms with Crippen LogP contribution in [0.25, 0.3) is 0 Å². The third kappa shape index (κ3) is 3.73. The Balaban J connectivity index is 1.81. The first-order chi connectivity index (χ1) is 11.6. The fraction of sp³-hybridized carbons (Fsp3) is 0.467. The summed E-state index contributed by atoms with van der Waals surface area (Å²) in [5.41, 5.74) is 5.46. The van der Waals surface area contributed by atoms with E-state index in [0.29, 0.717) is 11.7 Å². The molecule has 1 aliphatic rings. The van der Waals surface area contributed by atoms with E-state index in [4.69, 9.17) is 10.2 Å². The summed E-state index contributed by atoms with van der Waals surface area (Å²) < 4.78 is 5.21. The minimum atomic E-state index is -0.579. The first kappa shape index (κ1) is 16.0. The molecule has 9 nitrogen and oxygen atoms in total.